The van der Waals surface area contributed by atoms with Crippen molar-refractivity contribution in [3.63, 3.8) is 0 Å². The van der Waals surface area contributed by atoms with Crippen LogP contribution in [0.5, 0.6) is 5.75 Å². The fraction of sp³-hybridized carbons (Fsp3) is 0.500. The van der Waals surface area contributed by atoms with Gasteiger partial charge in [0.25, 0.3) is 11.5 Å². The summed E-state index contributed by atoms with van der Waals surface area (Å²) >= 11 is 0. The molecule has 172 valence electrons. The smallest absolute Gasteiger partial charge is 0.271 e. The molecule has 1 aliphatic heterocycles. The molecule has 0 bridgehead atoms. The summed E-state index contributed by atoms with van der Waals surface area (Å²) in [5, 5.41) is 7.20. The van der Waals surface area contributed by atoms with Gasteiger partial charge in [-0.1, -0.05) is 32.0 Å². The van der Waals surface area contributed by atoms with Gasteiger partial charge >= 0.3 is 0 Å². The lowest BCUT2D eigenvalue weighted by Crippen LogP contribution is -2.48. The van der Waals surface area contributed by atoms with E-state index in [4.69, 9.17) is 4.74 Å². The van der Waals surface area contributed by atoms with E-state index in [-0.39, 0.29) is 48.2 Å². The number of hydrogen-bond acceptors (Lipinski definition) is 5. The molecule has 0 spiro atoms. The van der Waals surface area contributed by atoms with Gasteiger partial charge in [-0.3, -0.25) is 14.4 Å². The summed E-state index contributed by atoms with van der Waals surface area (Å²) in [6.07, 6.45) is 3.12. The predicted molar refractivity (Wildman–Crippen MR) is 122 cm³/mol. The first-order valence-electron chi connectivity index (χ1n) is 11.4. The van der Waals surface area contributed by atoms with Gasteiger partial charge in [-0.2, -0.15) is 5.10 Å². The third-order valence-electron chi connectivity index (χ3n) is 5.89. The van der Waals surface area contributed by atoms with Crippen molar-refractivity contribution in [1.82, 2.24) is 20.0 Å². The summed E-state index contributed by atoms with van der Waals surface area (Å²) in [5.41, 5.74) is -0.0914. The first-order valence-corrected chi connectivity index (χ1v) is 11.4. The molecule has 2 aromatic rings. The van der Waals surface area contributed by atoms with Gasteiger partial charge in [-0.05, 0) is 43.9 Å². The van der Waals surface area contributed by atoms with Crippen LogP contribution in [0.25, 0.3) is 0 Å². The van der Waals surface area contributed by atoms with Crippen molar-refractivity contribution in [1.29, 1.82) is 0 Å². The quantitative estimate of drug-likeness (QED) is 0.647. The monoisotopic (exact) mass is 440 g/mol. The molecule has 2 amide bonds. The summed E-state index contributed by atoms with van der Waals surface area (Å²) in [6.45, 7) is 5.88. The fourth-order valence-corrected chi connectivity index (χ4v) is 3.90. The van der Waals surface area contributed by atoms with Crippen LogP contribution in [-0.2, 0) is 11.3 Å². The van der Waals surface area contributed by atoms with Crippen LogP contribution in [0.4, 0.5) is 0 Å². The Morgan fingerprint density at radius 3 is 2.44 bits per heavy atom. The molecule has 1 fully saturated rings. The highest BCUT2D eigenvalue weighted by molar-refractivity contribution is 5.92. The maximum Gasteiger partial charge on any atom is 0.271 e. The van der Waals surface area contributed by atoms with Crippen molar-refractivity contribution in [2.75, 3.05) is 19.7 Å². The van der Waals surface area contributed by atoms with Crippen LogP contribution in [-0.4, -0.2) is 52.2 Å². The summed E-state index contributed by atoms with van der Waals surface area (Å²) in [6, 6.07) is 12.1. The Bertz CT molecular complexity index is 948. The number of hydrogen-bond donors (Lipinski definition) is 1. The summed E-state index contributed by atoms with van der Waals surface area (Å²) in [7, 11) is 0. The van der Waals surface area contributed by atoms with E-state index in [9.17, 15) is 14.4 Å². The molecule has 8 heteroatoms. The predicted octanol–water partition coefficient (Wildman–Crippen LogP) is 2.48. The average Bonchev–Trinajstić information content (AvgIpc) is 2.82. The average molecular weight is 441 g/mol. The van der Waals surface area contributed by atoms with Crippen molar-refractivity contribution in [3.05, 3.63) is 58.5 Å². The largest absolute Gasteiger partial charge is 0.492 e. The van der Waals surface area contributed by atoms with Crippen LogP contribution in [0.3, 0.4) is 0 Å². The van der Waals surface area contributed by atoms with E-state index in [1.54, 1.807) is 0 Å². The SMILES string of the molecule is CCC(CC)C(=O)N1CCC(NC(=O)c2ccc(=O)n(CCOc3ccccc3)n2)CC1. The van der Waals surface area contributed by atoms with E-state index in [1.165, 1.54) is 16.8 Å². The van der Waals surface area contributed by atoms with Crippen molar-refractivity contribution < 1.29 is 14.3 Å². The number of aromatic nitrogens is 2. The van der Waals surface area contributed by atoms with E-state index in [2.05, 4.69) is 10.4 Å². The highest BCUT2D eigenvalue weighted by atomic mass is 16.5. The standard InChI is InChI=1S/C24H32N4O4/c1-3-18(4-2)24(31)27-14-12-19(13-15-27)25-23(30)21-10-11-22(29)28(26-21)16-17-32-20-8-6-5-7-9-20/h5-11,18-19H,3-4,12-17H2,1-2H3,(H,25,30). The Labute approximate surface area is 188 Å². The zero-order chi connectivity index (χ0) is 22.9. The fourth-order valence-electron chi connectivity index (χ4n) is 3.90. The number of ether oxygens (including phenoxy) is 1. The van der Waals surface area contributed by atoms with Crippen LogP contribution >= 0.6 is 0 Å². The number of benzene rings is 1. The van der Waals surface area contributed by atoms with Gasteiger partial charge in [0.15, 0.2) is 0 Å². The first kappa shape index (κ1) is 23.5. The lowest BCUT2D eigenvalue weighted by molar-refractivity contribution is -0.136. The van der Waals surface area contributed by atoms with E-state index in [0.717, 1.165) is 12.8 Å². The lowest BCUT2D eigenvalue weighted by Gasteiger charge is -2.34. The normalized spacial score (nSPS) is 14.4. The Hall–Kier alpha value is -3.16. The van der Waals surface area contributed by atoms with Crippen molar-refractivity contribution in [3.8, 4) is 5.75 Å². The Balaban J connectivity index is 1.51. The van der Waals surface area contributed by atoms with Crippen molar-refractivity contribution in [2.45, 2.75) is 52.1 Å². The molecule has 0 radical (unpaired) electrons. The first-order chi connectivity index (χ1) is 15.5. The Morgan fingerprint density at radius 2 is 1.78 bits per heavy atom. The zero-order valence-corrected chi connectivity index (χ0v) is 18.8. The van der Waals surface area contributed by atoms with Crippen LogP contribution in [0.15, 0.2) is 47.3 Å². The topological polar surface area (TPSA) is 93.5 Å². The lowest BCUT2D eigenvalue weighted by atomic mass is 9.98. The molecule has 1 aliphatic rings. The maximum atomic E-state index is 12.7. The number of nitrogens with zero attached hydrogens (tertiary/aromatic N) is 3. The van der Waals surface area contributed by atoms with Crippen LogP contribution in [0.2, 0.25) is 0 Å². The number of para-hydroxylation sites is 1. The molecule has 32 heavy (non-hydrogen) atoms. The molecule has 0 saturated carbocycles. The second-order valence-electron chi connectivity index (χ2n) is 8.03. The minimum atomic E-state index is -0.313. The van der Waals surface area contributed by atoms with Crippen molar-refractivity contribution >= 4 is 11.8 Å². The second-order valence-corrected chi connectivity index (χ2v) is 8.03. The summed E-state index contributed by atoms with van der Waals surface area (Å²) in [5.74, 6) is 0.694. The van der Waals surface area contributed by atoms with Gasteiger partial charge < -0.3 is 15.0 Å². The molecule has 0 unspecified atom stereocenters. The maximum absolute atomic E-state index is 12.7. The van der Waals surface area contributed by atoms with Gasteiger partial charge in [-0.15, -0.1) is 0 Å². The number of carbonyl (C=O) groups excluding carboxylic acids is 2. The molecular formula is C24H32N4O4. The highest BCUT2D eigenvalue weighted by Crippen LogP contribution is 2.17. The van der Waals surface area contributed by atoms with Crippen LogP contribution < -0.4 is 15.6 Å². The van der Waals surface area contributed by atoms with Gasteiger partial charge in [0.1, 0.15) is 18.1 Å². The number of piperidine rings is 1. The molecule has 1 aromatic heterocycles. The Kier molecular flexibility index (Phi) is 8.41. The molecule has 1 saturated heterocycles. The van der Waals surface area contributed by atoms with Gasteiger partial charge in [-0.25, -0.2) is 4.68 Å². The zero-order valence-electron chi connectivity index (χ0n) is 18.8. The number of likely N-dealkylation sites (tertiary alicyclic amines) is 1. The third-order valence-corrected chi connectivity index (χ3v) is 5.89. The minimum Gasteiger partial charge on any atom is -0.492 e. The summed E-state index contributed by atoms with van der Waals surface area (Å²) < 4.78 is 6.86. The number of rotatable bonds is 9. The van der Waals surface area contributed by atoms with Gasteiger partial charge in [0.2, 0.25) is 5.91 Å². The van der Waals surface area contributed by atoms with Crippen LogP contribution in [0, 0.1) is 5.92 Å². The molecular weight excluding hydrogens is 408 g/mol. The van der Waals surface area contributed by atoms with Gasteiger partial charge in [0, 0.05) is 31.1 Å². The number of nitrogens with one attached hydrogen (secondary N) is 1. The molecule has 0 atom stereocenters. The molecule has 8 nitrogen and oxygen atoms in total. The van der Waals surface area contributed by atoms with Gasteiger partial charge in [0.05, 0.1) is 6.54 Å². The van der Waals surface area contributed by atoms with Crippen molar-refractivity contribution in [2.24, 2.45) is 5.92 Å². The number of amides is 2. The molecule has 3 rings (SSSR count). The van der Waals surface area contributed by atoms with E-state index >= 15 is 0 Å². The Morgan fingerprint density at radius 1 is 1.09 bits per heavy atom. The highest BCUT2D eigenvalue weighted by Gasteiger charge is 2.27. The van der Waals surface area contributed by atoms with E-state index in [0.29, 0.717) is 31.7 Å². The molecule has 1 N–H and O–H groups in total. The minimum absolute atomic E-state index is 0.0168. The number of carbonyl (C=O) groups is 2. The third kappa shape index (κ3) is 6.18. The second kappa shape index (κ2) is 11.5. The summed E-state index contributed by atoms with van der Waals surface area (Å²) in [4.78, 5) is 39.2. The van der Waals surface area contributed by atoms with Crippen LogP contribution in [0.1, 0.15) is 50.0 Å². The molecule has 2 heterocycles. The van der Waals surface area contributed by atoms with E-state index < -0.39 is 0 Å². The van der Waals surface area contributed by atoms with E-state index in [1.807, 2.05) is 49.1 Å². The molecule has 0 aliphatic carbocycles. The molecule has 1 aromatic carbocycles.